The van der Waals surface area contributed by atoms with Crippen molar-refractivity contribution in [2.75, 3.05) is 0 Å². The molecule has 4 nitrogen and oxygen atoms in total. The number of fused-ring (bicyclic) bond motifs is 1. The van der Waals surface area contributed by atoms with Crippen LogP contribution in [-0.4, -0.2) is 20.6 Å². The summed E-state index contributed by atoms with van der Waals surface area (Å²) in [7, 11) is 0. The van der Waals surface area contributed by atoms with E-state index >= 15 is 0 Å². The van der Waals surface area contributed by atoms with E-state index in [0.29, 0.717) is 11.0 Å². The second kappa shape index (κ2) is 3.83. The molecule has 0 amide bonds. The molecule has 0 bridgehead atoms. The quantitative estimate of drug-likeness (QED) is 0.899. The van der Waals surface area contributed by atoms with Crippen molar-refractivity contribution >= 4 is 17.0 Å². The van der Waals surface area contributed by atoms with E-state index < -0.39 is 5.97 Å². The summed E-state index contributed by atoms with van der Waals surface area (Å²) < 4.78 is 2.01. The largest absolute Gasteiger partial charge is 0.478 e. The van der Waals surface area contributed by atoms with Gasteiger partial charge in [-0.15, -0.1) is 0 Å². The summed E-state index contributed by atoms with van der Waals surface area (Å²) in [6.07, 6.45) is 5.38. The Labute approximate surface area is 105 Å². The van der Waals surface area contributed by atoms with Gasteiger partial charge in [0, 0.05) is 6.54 Å². The van der Waals surface area contributed by atoms with Gasteiger partial charge in [0.15, 0.2) is 0 Å². The minimum atomic E-state index is -0.885. The highest BCUT2D eigenvalue weighted by Crippen LogP contribution is 2.50. The zero-order valence-corrected chi connectivity index (χ0v) is 10.4. The first-order valence-corrected chi connectivity index (χ1v) is 6.32. The molecular formula is C14H16N2O2. The summed E-state index contributed by atoms with van der Waals surface area (Å²) in [4.78, 5) is 15.6. The summed E-state index contributed by atoms with van der Waals surface area (Å²) in [5, 5.41) is 9.26. The zero-order chi connectivity index (χ0) is 12.8. The van der Waals surface area contributed by atoms with E-state index in [-0.39, 0.29) is 0 Å². The van der Waals surface area contributed by atoms with Gasteiger partial charge >= 0.3 is 5.97 Å². The minimum absolute atomic E-state index is 0.344. The van der Waals surface area contributed by atoms with E-state index in [4.69, 9.17) is 0 Å². The van der Waals surface area contributed by atoms with Gasteiger partial charge in [0.1, 0.15) is 0 Å². The topological polar surface area (TPSA) is 55.1 Å². The molecule has 1 N–H and O–H groups in total. The summed E-state index contributed by atoms with van der Waals surface area (Å²) in [5.74, 6) is -0.885. The van der Waals surface area contributed by atoms with Crippen molar-refractivity contribution in [3.8, 4) is 0 Å². The maximum atomic E-state index is 11.3. The number of carboxylic acid groups (broad SMARTS) is 1. The lowest BCUT2D eigenvalue weighted by Gasteiger charge is -2.14. The van der Waals surface area contributed by atoms with E-state index in [1.165, 1.54) is 12.8 Å². The Morgan fingerprint density at radius 2 is 2.28 bits per heavy atom. The third-order valence-electron chi connectivity index (χ3n) is 4.08. The summed E-state index contributed by atoms with van der Waals surface area (Å²) in [6.45, 7) is 3.08. The van der Waals surface area contributed by atoms with Crippen LogP contribution in [0, 0.1) is 5.41 Å². The highest BCUT2D eigenvalue weighted by atomic mass is 16.4. The molecule has 4 heteroatoms. The molecule has 1 fully saturated rings. The second-order valence-electron chi connectivity index (χ2n) is 5.20. The molecule has 94 valence electrons. The molecule has 0 radical (unpaired) electrons. The molecule has 1 saturated carbocycles. The van der Waals surface area contributed by atoms with Crippen LogP contribution in [0.25, 0.3) is 11.0 Å². The lowest BCUT2D eigenvalue weighted by atomic mass is 10.0. The Balaban J connectivity index is 2.09. The smallest absolute Gasteiger partial charge is 0.337 e. The fourth-order valence-corrected chi connectivity index (χ4v) is 2.58. The van der Waals surface area contributed by atoms with Crippen LogP contribution in [0.4, 0.5) is 0 Å². The van der Waals surface area contributed by atoms with Crippen molar-refractivity contribution in [1.82, 2.24) is 9.55 Å². The average molecular weight is 244 g/mol. The lowest BCUT2D eigenvalue weighted by molar-refractivity contribution is 0.0698. The Morgan fingerprint density at radius 1 is 1.50 bits per heavy atom. The zero-order valence-electron chi connectivity index (χ0n) is 10.4. The van der Waals surface area contributed by atoms with Gasteiger partial charge in [-0.2, -0.15) is 0 Å². The van der Waals surface area contributed by atoms with Gasteiger partial charge in [-0.05, 0) is 36.8 Å². The number of aromatic nitrogens is 2. The normalized spacial score (nSPS) is 16.9. The van der Waals surface area contributed by atoms with Crippen LogP contribution < -0.4 is 0 Å². The van der Waals surface area contributed by atoms with Crippen LogP contribution in [0.2, 0.25) is 0 Å². The van der Waals surface area contributed by atoms with Crippen molar-refractivity contribution in [3.63, 3.8) is 0 Å². The highest BCUT2D eigenvalue weighted by molar-refractivity contribution is 6.01. The molecule has 0 spiro atoms. The molecular weight excluding hydrogens is 228 g/mol. The van der Waals surface area contributed by atoms with Crippen LogP contribution in [0.15, 0.2) is 24.5 Å². The van der Waals surface area contributed by atoms with Crippen molar-refractivity contribution in [2.45, 2.75) is 32.7 Å². The molecule has 1 heterocycles. The first-order chi connectivity index (χ1) is 8.65. The first kappa shape index (κ1) is 11.3. The van der Waals surface area contributed by atoms with E-state index in [9.17, 15) is 9.90 Å². The number of hydrogen-bond donors (Lipinski definition) is 1. The number of carboxylic acids is 1. The lowest BCUT2D eigenvalue weighted by Crippen LogP contribution is -2.11. The molecule has 0 unspecified atom stereocenters. The minimum Gasteiger partial charge on any atom is -0.478 e. The van der Waals surface area contributed by atoms with Crippen LogP contribution >= 0.6 is 0 Å². The van der Waals surface area contributed by atoms with E-state index in [2.05, 4.69) is 11.9 Å². The van der Waals surface area contributed by atoms with Crippen LogP contribution in [0.3, 0.4) is 0 Å². The molecule has 1 aromatic heterocycles. The molecule has 0 atom stereocenters. The standard InChI is InChI=1S/C14H16N2O2/c1-2-14(6-7-14)8-16-9-15-11-5-3-4-10(12(11)16)13(17)18/h3-5,9H,2,6-8H2,1H3,(H,17,18). The maximum Gasteiger partial charge on any atom is 0.337 e. The van der Waals surface area contributed by atoms with Crippen LogP contribution in [0.5, 0.6) is 0 Å². The third-order valence-corrected chi connectivity index (χ3v) is 4.08. The average Bonchev–Trinajstić information content (AvgIpc) is 3.03. The predicted octanol–water partition coefficient (Wildman–Crippen LogP) is 2.92. The molecule has 0 saturated heterocycles. The Bertz CT molecular complexity index is 611. The molecule has 3 rings (SSSR count). The van der Waals surface area contributed by atoms with Crippen molar-refractivity contribution in [1.29, 1.82) is 0 Å². The number of carbonyl (C=O) groups is 1. The van der Waals surface area contributed by atoms with Gasteiger partial charge in [0.25, 0.3) is 0 Å². The second-order valence-corrected chi connectivity index (χ2v) is 5.20. The van der Waals surface area contributed by atoms with E-state index in [0.717, 1.165) is 24.0 Å². The van der Waals surface area contributed by atoms with E-state index in [1.807, 2.05) is 10.6 Å². The van der Waals surface area contributed by atoms with Gasteiger partial charge in [-0.3, -0.25) is 0 Å². The fourth-order valence-electron chi connectivity index (χ4n) is 2.58. The van der Waals surface area contributed by atoms with Gasteiger partial charge in [0.05, 0.1) is 22.9 Å². The van der Waals surface area contributed by atoms with E-state index in [1.54, 1.807) is 18.5 Å². The number of rotatable bonds is 4. The maximum absolute atomic E-state index is 11.3. The Morgan fingerprint density at radius 3 is 2.89 bits per heavy atom. The van der Waals surface area contributed by atoms with Crippen molar-refractivity contribution in [3.05, 3.63) is 30.1 Å². The highest BCUT2D eigenvalue weighted by Gasteiger charge is 2.41. The van der Waals surface area contributed by atoms with Crippen molar-refractivity contribution in [2.24, 2.45) is 5.41 Å². The molecule has 2 aromatic rings. The monoisotopic (exact) mass is 244 g/mol. The summed E-state index contributed by atoms with van der Waals surface area (Å²) in [5.41, 5.74) is 2.24. The summed E-state index contributed by atoms with van der Waals surface area (Å²) >= 11 is 0. The van der Waals surface area contributed by atoms with Gasteiger partial charge < -0.3 is 9.67 Å². The predicted molar refractivity (Wildman–Crippen MR) is 68.7 cm³/mol. The number of aromatic carboxylic acids is 1. The molecule has 1 aliphatic rings. The number of hydrogen-bond acceptors (Lipinski definition) is 2. The Hall–Kier alpha value is -1.84. The number of para-hydroxylation sites is 1. The molecule has 18 heavy (non-hydrogen) atoms. The van der Waals surface area contributed by atoms with Gasteiger partial charge in [-0.1, -0.05) is 13.0 Å². The number of imidazole rings is 1. The molecule has 1 aromatic carbocycles. The third kappa shape index (κ3) is 1.68. The van der Waals surface area contributed by atoms with Crippen molar-refractivity contribution < 1.29 is 9.90 Å². The fraction of sp³-hybridized carbons (Fsp3) is 0.429. The van der Waals surface area contributed by atoms with Crippen LogP contribution in [-0.2, 0) is 6.54 Å². The summed E-state index contributed by atoms with van der Waals surface area (Å²) in [6, 6.07) is 5.26. The Kier molecular flexibility index (Phi) is 2.40. The molecule has 0 aliphatic heterocycles. The number of benzene rings is 1. The van der Waals surface area contributed by atoms with Gasteiger partial charge in [0.2, 0.25) is 0 Å². The van der Waals surface area contributed by atoms with Gasteiger partial charge in [-0.25, -0.2) is 9.78 Å². The SMILES string of the molecule is CCC1(Cn2cnc3cccc(C(=O)O)c32)CC1. The number of nitrogens with zero attached hydrogens (tertiary/aromatic N) is 2. The van der Waals surface area contributed by atoms with Crippen LogP contribution in [0.1, 0.15) is 36.5 Å². The molecule has 1 aliphatic carbocycles. The first-order valence-electron chi connectivity index (χ1n) is 6.32.